The number of carbonyl (C=O) groups is 2. The lowest BCUT2D eigenvalue weighted by atomic mass is 9.82. The third-order valence-electron chi connectivity index (χ3n) is 5.13. The summed E-state index contributed by atoms with van der Waals surface area (Å²) < 4.78 is 28.6. The lowest BCUT2D eigenvalue weighted by Gasteiger charge is -2.26. The van der Waals surface area contributed by atoms with E-state index in [1.807, 2.05) is 0 Å². The molecule has 0 aliphatic heterocycles. The zero-order valence-corrected chi connectivity index (χ0v) is 14.4. The lowest BCUT2D eigenvalue weighted by molar-refractivity contribution is -0.146. The van der Waals surface area contributed by atoms with Crippen LogP contribution in [0.5, 0.6) is 0 Å². The molecule has 1 N–H and O–H groups in total. The summed E-state index contributed by atoms with van der Waals surface area (Å²) in [5, 5.41) is 2.51. The predicted molar refractivity (Wildman–Crippen MR) is 89.8 cm³/mol. The monoisotopic (exact) mass is 339 g/mol. The van der Waals surface area contributed by atoms with Gasteiger partial charge in [-0.15, -0.1) is 0 Å². The van der Waals surface area contributed by atoms with Gasteiger partial charge in [-0.05, 0) is 37.7 Å². The van der Waals surface area contributed by atoms with Crippen molar-refractivity contribution in [3.8, 4) is 0 Å². The van der Waals surface area contributed by atoms with Crippen molar-refractivity contribution >= 4 is 11.7 Å². The number of allylic oxidation sites excluding steroid dienone is 3. The average molecular weight is 339 g/mol. The van der Waals surface area contributed by atoms with Crippen molar-refractivity contribution in [1.29, 1.82) is 0 Å². The summed E-state index contributed by atoms with van der Waals surface area (Å²) in [7, 11) is 0. The molecule has 134 valence electrons. The van der Waals surface area contributed by atoms with Gasteiger partial charge in [0, 0.05) is 18.9 Å². The number of ketones is 1. The van der Waals surface area contributed by atoms with E-state index in [1.165, 1.54) is 0 Å². The largest absolute Gasteiger partial charge is 0.348 e. The molecule has 0 bridgehead atoms. The minimum absolute atomic E-state index is 0.0291. The van der Waals surface area contributed by atoms with Gasteiger partial charge in [0.25, 0.3) is 5.91 Å². The van der Waals surface area contributed by atoms with E-state index in [4.69, 9.17) is 0 Å². The Morgan fingerprint density at radius 3 is 2.50 bits per heavy atom. The fourth-order valence-corrected chi connectivity index (χ4v) is 3.44. The molecule has 24 heavy (non-hydrogen) atoms. The first-order valence-corrected chi connectivity index (χ1v) is 8.86. The van der Waals surface area contributed by atoms with Crippen LogP contribution in [0.1, 0.15) is 64.7 Å². The van der Waals surface area contributed by atoms with E-state index in [0.29, 0.717) is 12.0 Å². The van der Waals surface area contributed by atoms with Crippen LogP contribution in [-0.2, 0) is 9.59 Å². The molecule has 1 unspecified atom stereocenters. The Bertz CT molecular complexity index is 531. The number of hydrogen-bond donors (Lipinski definition) is 1. The number of alkyl halides is 2. The fourth-order valence-electron chi connectivity index (χ4n) is 3.44. The number of amides is 1. The van der Waals surface area contributed by atoms with E-state index in [2.05, 4.69) is 11.9 Å². The van der Waals surface area contributed by atoms with Crippen molar-refractivity contribution in [2.45, 2.75) is 76.7 Å². The normalized spacial score (nSPS) is 23.4. The maximum Gasteiger partial charge on any atom is 0.328 e. The molecule has 2 rings (SSSR count). The Morgan fingerprint density at radius 2 is 1.92 bits per heavy atom. The van der Waals surface area contributed by atoms with Gasteiger partial charge in [0.05, 0.1) is 0 Å². The number of nitrogens with one attached hydrogen (secondary N) is 1. The van der Waals surface area contributed by atoms with Crippen molar-refractivity contribution in [2.75, 3.05) is 0 Å². The molecule has 2 aliphatic carbocycles. The average Bonchev–Trinajstić information content (AvgIpc) is 2.78. The van der Waals surface area contributed by atoms with E-state index in [0.717, 1.165) is 38.5 Å². The second kappa shape index (κ2) is 8.04. The number of Topliss-reactive ketones (excluding diaryl/α,β-unsaturated/α-hetero) is 1. The lowest BCUT2D eigenvalue weighted by Crippen LogP contribution is -2.45. The summed E-state index contributed by atoms with van der Waals surface area (Å²) >= 11 is 0. The quantitative estimate of drug-likeness (QED) is 0.598. The van der Waals surface area contributed by atoms with Crippen LogP contribution in [0.4, 0.5) is 8.78 Å². The van der Waals surface area contributed by atoms with Gasteiger partial charge < -0.3 is 5.32 Å². The number of halogens is 2. The summed E-state index contributed by atoms with van der Waals surface area (Å²) in [5.74, 6) is -5.00. The highest BCUT2D eigenvalue weighted by Crippen LogP contribution is 2.33. The fraction of sp³-hybridized carbons (Fsp3) is 0.684. The molecular weight excluding hydrogens is 312 g/mol. The van der Waals surface area contributed by atoms with Gasteiger partial charge in [0.15, 0.2) is 5.78 Å². The Hall–Kier alpha value is -1.52. The minimum Gasteiger partial charge on any atom is -0.348 e. The molecule has 0 aromatic heterocycles. The van der Waals surface area contributed by atoms with Gasteiger partial charge in [-0.3, -0.25) is 9.59 Å². The van der Waals surface area contributed by atoms with Gasteiger partial charge in [0.1, 0.15) is 0 Å². The first kappa shape index (κ1) is 18.8. The third-order valence-corrected chi connectivity index (χ3v) is 5.13. The van der Waals surface area contributed by atoms with E-state index >= 15 is 0 Å². The van der Waals surface area contributed by atoms with Gasteiger partial charge in [-0.25, -0.2) is 0 Å². The topological polar surface area (TPSA) is 46.2 Å². The number of rotatable bonds is 5. The molecular formula is C19H27F2NO2. The molecule has 1 amide bonds. The highest BCUT2D eigenvalue weighted by Gasteiger charge is 2.41. The van der Waals surface area contributed by atoms with Crippen LogP contribution in [0.15, 0.2) is 23.8 Å². The van der Waals surface area contributed by atoms with Crippen LogP contribution in [0, 0.1) is 5.92 Å². The van der Waals surface area contributed by atoms with Crippen LogP contribution >= 0.6 is 0 Å². The van der Waals surface area contributed by atoms with Crippen LogP contribution in [-0.4, -0.2) is 23.7 Å². The highest BCUT2D eigenvalue weighted by molar-refractivity contribution is 5.95. The van der Waals surface area contributed by atoms with Crippen LogP contribution < -0.4 is 5.32 Å². The zero-order valence-electron chi connectivity index (χ0n) is 14.4. The van der Waals surface area contributed by atoms with Crippen molar-refractivity contribution in [3.63, 3.8) is 0 Å². The smallest absolute Gasteiger partial charge is 0.328 e. The molecule has 5 heteroatoms. The highest BCUT2D eigenvalue weighted by atomic mass is 19.3. The van der Waals surface area contributed by atoms with Gasteiger partial charge >= 0.3 is 5.92 Å². The maximum absolute atomic E-state index is 14.3. The molecule has 1 saturated carbocycles. The standard InChI is InChI=1S/C19H27F2NO2/c1-13-9-10-15(11-17(13)23)14(2)12-19(20,21)18(24)22-16-7-5-3-4-6-8-16/h9,15-16H,2-8,10-12H2,1H3,(H,22,24). The second-order valence-corrected chi connectivity index (χ2v) is 7.15. The molecule has 0 spiro atoms. The Balaban J connectivity index is 1.90. The SMILES string of the molecule is C=C(CC(F)(F)C(=O)NC1CCCCCC1)C1CC=C(C)C(=O)C1. The van der Waals surface area contributed by atoms with E-state index in [-0.39, 0.29) is 29.7 Å². The van der Waals surface area contributed by atoms with Crippen molar-refractivity contribution in [1.82, 2.24) is 5.32 Å². The molecule has 2 aliphatic rings. The third kappa shape index (κ3) is 4.99. The second-order valence-electron chi connectivity index (χ2n) is 7.15. The minimum atomic E-state index is -3.47. The van der Waals surface area contributed by atoms with Crippen LogP contribution in [0.2, 0.25) is 0 Å². The van der Waals surface area contributed by atoms with Crippen molar-refractivity contribution in [3.05, 3.63) is 23.8 Å². The Labute approximate surface area is 142 Å². The number of carbonyl (C=O) groups excluding carboxylic acids is 2. The molecule has 3 nitrogen and oxygen atoms in total. The van der Waals surface area contributed by atoms with Gasteiger partial charge in [-0.2, -0.15) is 8.78 Å². The van der Waals surface area contributed by atoms with E-state index < -0.39 is 18.3 Å². The summed E-state index contributed by atoms with van der Waals surface area (Å²) in [5.41, 5.74) is 0.963. The summed E-state index contributed by atoms with van der Waals surface area (Å²) in [6, 6.07) is -0.152. The van der Waals surface area contributed by atoms with E-state index in [9.17, 15) is 18.4 Å². The molecule has 0 saturated heterocycles. The molecule has 0 aromatic rings. The van der Waals surface area contributed by atoms with Gasteiger partial charge in [-0.1, -0.05) is 43.9 Å². The first-order valence-electron chi connectivity index (χ1n) is 8.86. The molecule has 0 heterocycles. The maximum atomic E-state index is 14.3. The Kier molecular flexibility index (Phi) is 6.30. The zero-order chi connectivity index (χ0) is 17.7. The van der Waals surface area contributed by atoms with E-state index in [1.54, 1.807) is 13.0 Å². The molecule has 1 atom stereocenters. The Morgan fingerprint density at radius 1 is 1.29 bits per heavy atom. The summed E-state index contributed by atoms with van der Waals surface area (Å²) in [6.07, 6.45) is 7.51. The van der Waals surface area contributed by atoms with Crippen molar-refractivity contribution in [2.24, 2.45) is 5.92 Å². The number of hydrogen-bond acceptors (Lipinski definition) is 2. The molecule has 0 radical (unpaired) electrons. The summed E-state index contributed by atoms with van der Waals surface area (Å²) in [4.78, 5) is 23.7. The summed E-state index contributed by atoms with van der Waals surface area (Å²) in [6.45, 7) is 5.46. The van der Waals surface area contributed by atoms with Crippen LogP contribution in [0.25, 0.3) is 0 Å². The molecule has 0 aromatic carbocycles. The van der Waals surface area contributed by atoms with Gasteiger partial charge in [0.2, 0.25) is 0 Å². The first-order chi connectivity index (χ1) is 11.3. The molecule has 1 fully saturated rings. The predicted octanol–water partition coefficient (Wildman–Crippen LogP) is 4.33. The van der Waals surface area contributed by atoms with Crippen molar-refractivity contribution < 1.29 is 18.4 Å². The van der Waals surface area contributed by atoms with Crippen LogP contribution in [0.3, 0.4) is 0 Å².